The minimum Gasteiger partial charge on any atom is -0.458 e. The molecule has 0 spiro atoms. The Morgan fingerprint density at radius 2 is 2.17 bits per heavy atom. The minimum absolute atomic E-state index is 0.0274. The first-order valence-electron chi connectivity index (χ1n) is 9.85. The van der Waals surface area contributed by atoms with Gasteiger partial charge in [0.2, 0.25) is 5.95 Å². The Kier molecular flexibility index (Phi) is 5.86. The van der Waals surface area contributed by atoms with Crippen LogP contribution in [0.5, 0.6) is 6.01 Å². The van der Waals surface area contributed by atoms with Crippen molar-refractivity contribution in [3.05, 3.63) is 6.20 Å². The fraction of sp³-hybridized carbons (Fsp3) is 0.611. The number of nitrogen functional groups attached to an aromatic ring is 1. The number of morpholine rings is 1. The van der Waals surface area contributed by atoms with Crippen LogP contribution in [0.1, 0.15) is 13.3 Å². The second kappa shape index (κ2) is 8.56. The number of urea groups is 1. The van der Waals surface area contributed by atoms with Gasteiger partial charge in [-0.25, -0.2) is 9.78 Å². The lowest BCUT2D eigenvalue weighted by Gasteiger charge is -2.33. The van der Waals surface area contributed by atoms with E-state index in [0.29, 0.717) is 49.8 Å². The lowest BCUT2D eigenvalue weighted by Crippen LogP contribution is -2.44. The molecule has 1 unspecified atom stereocenters. The maximum atomic E-state index is 12.2. The fourth-order valence-corrected chi connectivity index (χ4v) is 4.10. The molecule has 2 aromatic rings. The Morgan fingerprint density at radius 3 is 2.87 bits per heavy atom. The molecule has 12 heteroatoms. The Labute approximate surface area is 178 Å². The third-order valence-electron chi connectivity index (χ3n) is 5.04. The third-order valence-corrected chi connectivity index (χ3v) is 5.86. The van der Waals surface area contributed by atoms with Gasteiger partial charge in [-0.3, -0.25) is 0 Å². The molecule has 11 nitrogen and oxygen atoms in total. The molecular formula is C18H26N8O3S. The highest BCUT2D eigenvalue weighted by atomic mass is 32.1. The van der Waals surface area contributed by atoms with Crippen LogP contribution in [0.2, 0.25) is 0 Å². The molecule has 0 bridgehead atoms. The van der Waals surface area contributed by atoms with Gasteiger partial charge in [-0.1, -0.05) is 11.3 Å². The lowest BCUT2D eigenvalue weighted by atomic mass is 10.3. The number of anilines is 2. The molecule has 2 N–H and O–H groups in total. The van der Waals surface area contributed by atoms with E-state index in [2.05, 4.69) is 31.8 Å². The smallest absolute Gasteiger partial charge is 0.322 e. The van der Waals surface area contributed by atoms with Crippen molar-refractivity contribution in [2.24, 2.45) is 0 Å². The van der Waals surface area contributed by atoms with Crippen LogP contribution in [-0.4, -0.2) is 94.9 Å². The highest BCUT2D eigenvalue weighted by Gasteiger charge is 2.30. The van der Waals surface area contributed by atoms with Gasteiger partial charge < -0.3 is 29.9 Å². The number of likely N-dealkylation sites (tertiary alicyclic amines) is 1. The first-order chi connectivity index (χ1) is 14.4. The number of nitrogens with zero attached hydrogens (tertiary/aromatic N) is 7. The average molecular weight is 435 g/mol. The Bertz CT molecular complexity index is 907. The Balaban J connectivity index is 1.59. The molecule has 30 heavy (non-hydrogen) atoms. The normalized spacial score (nSPS) is 21.7. The van der Waals surface area contributed by atoms with E-state index in [-0.39, 0.29) is 24.2 Å². The van der Waals surface area contributed by atoms with Crippen LogP contribution < -0.4 is 15.4 Å². The Morgan fingerprint density at radius 1 is 1.33 bits per heavy atom. The summed E-state index contributed by atoms with van der Waals surface area (Å²) in [5, 5.41) is 0.447. The summed E-state index contributed by atoms with van der Waals surface area (Å²) in [6, 6.07) is 0.346. The van der Waals surface area contributed by atoms with Crippen molar-refractivity contribution < 1.29 is 14.3 Å². The van der Waals surface area contributed by atoms with Crippen LogP contribution >= 0.6 is 11.3 Å². The van der Waals surface area contributed by atoms with Crippen molar-refractivity contribution in [2.45, 2.75) is 25.5 Å². The van der Waals surface area contributed by atoms with Crippen molar-refractivity contribution in [1.82, 2.24) is 29.7 Å². The van der Waals surface area contributed by atoms with E-state index in [9.17, 15) is 4.79 Å². The van der Waals surface area contributed by atoms with Gasteiger partial charge in [-0.2, -0.15) is 15.0 Å². The van der Waals surface area contributed by atoms with Gasteiger partial charge in [0.05, 0.1) is 36.9 Å². The van der Waals surface area contributed by atoms with Crippen LogP contribution in [0.3, 0.4) is 0 Å². The first-order valence-corrected chi connectivity index (χ1v) is 10.7. The predicted molar refractivity (Wildman–Crippen MR) is 113 cm³/mol. The molecule has 162 valence electrons. The number of aromatic nitrogens is 4. The van der Waals surface area contributed by atoms with Crippen LogP contribution in [-0.2, 0) is 4.74 Å². The number of amides is 2. The largest absolute Gasteiger partial charge is 0.458 e. The molecule has 0 saturated carbocycles. The van der Waals surface area contributed by atoms with Crippen molar-refractivity contribution in [3.63, 3.8) is 0 Å². The summed E-state index contributed by atoms with van der Waals surface area (Å²) in [7, 11) is 3.48. The van der Waals surface area contributed by atoms with E-state index in [1.807, 2.05) is 0 Å². The quantitative estimate of drug-likeness (QED) is 0.749. The number of hydrogen-bond acceptors (Lipinski definition) is 10. The number of hydrogen-bond donors (Lipinski definition) is 1. The SMILES string of the molecule is C[C@H]1COCCN1c1nc(OC2CCN(C(=O)N(C)C)C2)nc(-c2cnc(N)s2)n1. The Hall–Kier alpha value is -2.73. The number of carbonyl (C=O) groups is 1. The molecule has 4 rings (SSSR count). The van der Waals surface area contributed by atoms with E-state index < -0.39 is 0 Å². The lowest BCUT2D eigenvalue weighted by molar-refractivity contribution is 0.0978. The molecule has 2 fully saturated rings. The molecule has 2 atom stereocenters. The summed E-state index contributed by atoms with van der Waals surface area (Å²) in [6.45, 7) is 5.10. The third kappa shape index (κ3) is 4.38. The number of nitrogens with two attached hydrogens (primary N) is 1. The van der Waals surface area contributed by atoms with E-state index in [4.69, 9.17) is 15.2 Å². The maximum Gasteiger partial charge on any atom is 0.322 e. The topological polar surface area (TPSA) is 123 Å². The standard InChI is InChI=1S/C18H26N8O3S/c1-11-10-28-7-6-26(11)16-21-14(13-8-20-15(19)30-13)22-17(23-16)29-12-4-5-25(9-12)18(27)24(2)3/h8,11-12H,4-7,9-10H2,1-3H3,(H2,19,20)/t11-,12?/m0/s1. The van der Waals surface area contributed by atoms with Crippen molar-refractivity contribution in [3.8, 4) is 16.7 Å². The summed E-state index contributed by atoms with van der Waals surface area (Å²) in [4.78, 5) is 36.2. The number of ether oxygens (including phenoxy) is 2. The van der Waals surface area contributed by atoms with Crippen molar-refractivity contribution in [1.29, 1.82) is 0 Å². The molecule has 0 aromatic carbocycles. The zero-order valence-corrected chi connectivity index (χ0v) is 18.1. The molecule has 4 heterocycles. The second-order valence-electron chi connectivity index (χ2n) is 7.57. The summed E-state index contributed by atoms with van der Waals surface area (Å²) in [5.41, 5.74) is 5.79. The monoisotopic (exact) mass is 434 g/mol. The molecule has 0 radical (unpaired) electrons. The molecule has 2 saturated heterocycles. The summed E-state index contributed by atoms with van der Waals surface area (Å²) in [6.07, 6.45) is 2.20. The molecule has 2 amide bonds. The predicted octanol–water partition coefficient (Wildman–Crippen LogP) is 0.937. The number of thiazole rings is 1. The average Bonchev–Trinajstić information content (AvgIpc) is 3.36. The van der Waals surface area contributed by atoms with Crippen molar-refractivity contribution >= 4 is 28.4 Å². The van der Waals surface area contributed by atoms with E-state index >= 15 is 0 Å². The summed E-state index contributed by atoms with van der Waals surface area (Å²) in [5.74, 6) is 1.01. The fourth-order valence-electron chi connectivity index (χ4n) is 3.48. The van der Waals surface area contributed by atoms with Crippen LogP contribution in [0.4, 0.5) is 15.9 Å². The van der Waals surface area contributed by atoms with Gasteiger partial charge in [-0.15, -0.1) is 0 Å². The molecule has 2 aliphatic heterocycles. The van der Waals surface area contributed by atoms with Gasteiger partial charge in [0.25, 0.3) is 0 Å². The minimum atomic E-state index is -0.175. The van der Waals surface area contributed by atoms with E-state index in [1.54, 1.807) is 30.1 Å². The van der Waals surface area contributed by atoms with E-state index in [0.717, 1.165) is 11.3 Å². The zero-order chi connectivity index (χ0) is 21.3. The highest BCUT2D eigenvalue weighted by Crippen LogP contribution is 2.28. The zero-order valence-electron chi connectivity index (χ0n) is 17.3. The summed E-state index contributed by atoms with van der Waals surface area (Å²) >= 11 is 1.31. The second-order valence-corrected chi connectivity index (χ2v) is 8.64. The van der Waals surface area contributed by atoms with Gasteiger partial charge in [-0.05, 0) is 6.92 Å². The van der Waals surface area contributed by atoms with Crippen LogP contribution in [0.25, 0.3) is 10.7 Å². The van der Waals surface area contributed by atoms with Gasteiger partial charge in [0, 0.05) is 33.6 Å². The van der Waals surface area contributed by atoms with Gasteiger partial charge >= 0.3 is 12.0 Å². The number of carbonyl (C=O) groups excluding carboxylic acids is 1. The van der Waals surface area contributed by atoms with Crippen molar-refractivity contribution in [2.75, 3.05) is 57.6 Å². The van der Waals surface area contributed by atoms with Gasteiger partial charge in [0.15, 0.2) is 11.0 Å². The molecule has 0 aliphatic carbocycles. The van der Waals surface area contributed by atoms with Crippen LogP contribution in [0.15, 0.2) is 6.20 Å². The number of rotatable bonds is 4. The molecule has 2 aromatic heterocycles. The highest BCUT2D eigenvalue weighted by molar-refractivity contribution is 7.18. The molecule has 2 aliphatic rings. The maximum absolute atomic E-state index is 12.2. The molecular weight excluding hydrogens is 408 g/mol. The van der Waals surface area contributed by atoms with E-state index in [1.165, 1.54) is 11.3 Å². The van der Waals surface area contributed by atoms with Gasteiger partial charge in [0.1, 0.15) is 6.10 Å². The summed E-state index contributed by atoms with van der Waals surface area (Å²) < 4.78 is 11.6. The van der Waals surface area contributed by atoms with Crippen LogP contribution in [0, 0.1) is 0 Å². The first kappa shape index (κ1) is 20.5.